The first kappa shape index (κ1) is 16.4. The molecule has 1 aromatic heterocycles. The maximum absolute atomic E-state index is 10.9. The Morgan fingerprint density at radius 1 is 1.35 bits per heavy atom. The number of aliphatic carboxylic acids is 1. The fourth-order valence-corrected chi connectivity index (χ4v) is 4.52. The van der Waals surface area contributed by atoms with Crippen molar-refractivity contribution in [3.8, 4) is 0 Å². The first-order chi connectivity index (χ1) is 11.1. The molecule has 5 heteroatoms. The van der Waals surface area contributed by atoms with Crippen LogP contribution in [0.1, 0.15) is 24.1 Å². The Hall–Kier alpha value is -1.43. The number of thiophene rings is 1. The van der Waals surface area contributed by atoms with Gasteiger partial charge in [-0.25, -0.2) is 0 Å². The summed E-state index contributed by atoms with van der Waals surface area (Å²) < 4.78 is 1.36. The third-order valence-corrected chi connectivity index (χ3v) is 5.76. The van der Waals surface area contributed by atoms with Crippen molar-refractivity contribution in [2.24, 2.45) is 0 Å². The summed E-state index contributed by atoms with van der Waals surface area (Å²) in [4.78, 5) is 16.8. The van der Waals surface area contributed by atoms with Crippen LogP contribution in [0.25, 0.3) is 10.1 Å². The van der Waals surface area contributed by atoms with Gasteiger partial charge in [-0.05, 0) is 50.4 Å². The molecule has 2 heterocycles. The summed E-state index contributed by atoms with van der Waals surface area (Å²) in [6.45, 7) is 3.30. The van der Waals surface area contributed by atoms with Crippen molar-refractivity contribution in [2.75, 3.05) is 26.7 Å². The van der Waals surface area contributed by atoms with Gasteiger partial charge in [-0.2, -0.15) is 0 Å². The van der Waals surface area contributed by atoms with Crippen molar-refractivity contribution in [1.82, 2.24) is 9.80 Å². The van der Waals surface area contributed by atoms with Gasteiger partial charge in [0.15, 0.2) is 0 Å². The molecule has 1 aromatic carbocycles. The molecule has 1 atom stereocenters. The summed E-state index contributed by atoms with van der Waals surface area (Å²) in [7, 11) is 1.93. The van der Waals surface area contributed by atoms with Crippen LogP contribution in [0, 0.1) is 0 Å². The molecule has 1 fully saturated rings. The molecule has 0 aliphatic carbocycles. The zero-order valence-electron chi connectivity index (χ0n) is 13.6. The van der Waals surface area contributed by atoms with Crippen molar-refractivity contribution in [3.05, 3.63) is 35.2 Å². The van der Waals surface area contributed by atoms with Crippen molar-refractivity contribution in [1.29, 1.82) is 0 Å². The highest BCUT2D eigenvalue weighted by molar-refractivity contribution is 7.19. The number of hydrogen-bond acceptors (Lipinski definition) is 4. The number of benzene rings is 1. The van der Waals surface area contributed by atoms with E-state index < -0.39 is 5.97 Å². The lowest BCUT2D eigenvalue weighted by Gasteiger charge is -2.25. The van der Waals surface area contributed by atoms with Gasteiger partial charge >= 0.3 is 5.97 Å². The second-order valence-electron chi connectivity index (χ2n) is 6.42. The van der Waals surface area contributed by atoms with Crippen LogP contribution in [0.2, 0.25) is 0 Å². The molecule has 1 saturated heterocycles. The van der Waals surface area contributed by atoms with E-state index in [1.54, 1.807) is 0 Å². The molecule has 1 aliphatic heterocycles. The van der Waals surface area contributed by atoms with Gasteiger partial charge in [-0.1, -0.05) is 18.2 Å². The third kappa shape index (κ3) is 4.31. The lowest BCUT2D eigenvalue weighted by molar-refractivity contribution is -0.138. The van der Waals surface area contributed by atoms with E-state index in [1.165, 1.54) is 15.0 Å². The topological polar surface area (TPSA) is 43.8 Å². The Balaban J connectivity index is 1.58. The molecule has 4 nitrogen and oxygen atoms in total. The minimum Gasteiger partial charge on any atom is -0.480 e. The standard InChI is InChI=1S/C18H24N2O2S/c1-19(13-18(21)22)15-6-4-9-20(10-8-15)12-16-11-14-5-2-3-7-17(14)23-16/h2-3,5,7,11,15H,4,6,8-10,12-13H2,1H3,(H,21,22). The number of likely N-dealkylation sites (N-methyl/N-ethyl adjacent to an activating group) is 1. The van der Waals surface area contributed by atoms with E-state index in [1.807, 2.05) is 23.3 Å². The molecule has 23 heavy (non-hydrogen) atoms. The summed E-state index contributed by atoms with van der Waals surface area (Å²) >= 11 is 1.88. The molecule has 3 rings (SSSR count). The highest BCUT2D eigenvalue weighted by Gasteiger charge is 2.22. The van der Waals surface area contributed by atoms with Gasteiger partial charge in [-0.3, -0.25) is 14.6 Å². The lowest BCUT2D eigenvalue weighted by atomic mass is 10.1. The van der Waals surface area contributed by atoms with Crippen molar-refractivity contribution in [2.45, 2.75) is 31.8 Å². The molecule has 0 saturated carbocycles. The highest BCUT2D eigenvalue weighted by Crippen LogP contribution is 2.27. The smallest absolute Gasteiger partial charge is 0.317 e. The van der Waals surface area contributed by atoms with Crippen LogP contribution in [0.4, 0.5) is 0 Å². The molecular formula is C18H24N2O2S. The van der Waals surface area contributed by atoms with Gasteiger partial charge in [-0.15, -0.1) is 11.3 Å². The molecule has 1 N–H and O–H groups in total. The van der Waals surface area contributed by atoms with Crippen LogP contribution >= 0.6 is 11.3 Å². The van der Waals surface area contributed by atoms with Crippen LogP contribution in [0.5, 0.6) is 0 Å². The van der Waals surface area contributed by atoms with Gasteiger partial charge in [0.25, 0.3) is 0 Å². The predicted molar refractivity (Wildman–Crippen MR) is 95.0 cm³/mol. The molecule has 2 aromatic rings. The van der Waals surface area contributed by atoms with Crippen LogP contribution in [0.15, 0.2) is 30.3 Å². The van der Waals surface area contributed by atoms with Crippen molar-refractivity contribution < 1.29 is 9.90 Å². The SMILES string of the molecule is CN(CC(=O)O)C1CCCN(Cc2cc3ccccc3s2)CC1. The number of hydrogen-bond donors (Lipinski definition) is 1. The van der Waals surface area contributed by atoms with Gasteiger partial charge in [0.05, 0.1) is 6.54 Å². The second-order valence-corrected chi connectivity index (χ2v) is 7.59. The van der Waals surface area contributed by atoms with E-state index >= 15 is 0 Å². The summed E-state index contributed by atoms with van der Waals surface area (Å²) in [5.41, 5.74) is 0. The quantitative estimate of drug-likeness (QED) is 0.913. The molecule has 1 aliphatic rings. The van der Waals surface area contributed by atoms with Gasteiger partial charge in [0, 0.05) is 28.7 Å². The van der Waals surface area contributed by atoms with Crippen molar-refractivity contribution in [3.63, 3.8) is 0 Å². The largest absolute Gasteiger partial charge is 0.480 e. The maximum Gasteiger partial charge on any atom is 0.317 e. The van der Waals surface area contributed by atoms with Crippen LogP contribution < -0.4 is 0 Å². The molecule has 0 bridgehead atoms. The van der Waals surface area contributed by atoms with Gasteiger partial charge in [0.2, 0.25) is 0 Å². The number of carboxylic acid groups (broad SMARTS) is 1. The molecule has 124 valence electrons. The van der Waals surface area contributed by atoms with Crippen LogP contribution in [-0.4, -0.2) is 53.6 Å². The zero-order valence-corrected chi connectivity index (χ0v) is 14.4. The first-order valence-corrected chi connectivity index (χ1v) is 9.05. The molecule has 0 spiro atoms. The summed E-state index contributed by atoms with van der Waals surface area (Å²) in [5.74, 6) is -0.737. The number of carboxylic acids is 1. The number of fused-ring (bicyclic) bond motifs is 1. The fraction of sp³-hybridized carbons (Fsp3) is 0.500. The third-order valence-electron chi connectivity index (χ3n) is 4.65. The zero-order chi connectivity index (χ0) is 16.2. The number of nitrogens with zero attached hydrogens (tertiary/aromatic N) is 2. The number of carbonyl (C=O) groups is 1. The van der Waals surface area contributed by atoms with Gasteiger partial charge in [0.1, 0.15) is 0 Å². The molecule has 0 amide bonds. The summed E-state index contributed by atoms with van der Waals surface area (Å²) in [6.07, 6.45) is 3.28. The predicted octanol–water partition coefficient (Wildman–Crippen LogP) is 3.27. The lowest BCUT2D eigenvalue weighted by Crippen LogP contribution is -2.36. The minimum atomic E-state index is -0.737. The maximum atomic E-state index is 10.9. The molecule has 0 radical (unpaired) electrons. The van der Waals surface area contributed by atoms with E-state index in [0.717, 1.165) is 38.9 Å². The van der Waals surface area contributed by atoms with Crippen LogP contribution in [-0.2, 0) is 11.3 Å². The monoisotopic (exact) mass is 332 g/mol. The Labute approximate surface area is 141 Å². The average molecular weight is 332 g/mol. The summed E-state index contributed by atoms with van der Waals surface area (Å²) in [6, 6.07) is 11.2. The Kier molecular flexibility index (Phi) is 5.30. The fourth-order valence-electron chi connectivity index (χ4n) is 3.41. The Bertz CT molecular complexity index is 637. The normalized spacial score (nSPS) is 20.0. The number of likely N-dealkylation sites (tertiary alicyclic amines) is 1. The average Bonchev–Trinajstić information content (AvgIpc) is 2.76. The van der Waals surface area contributed by atoms with Crippen LogP contribution in [0.3, 0.4) is 0 Å². The minimum absolute atomic E-state index is 0.140. The van der Waals surface area contributed by atoms with Gasteiger partial charge < -0.3 is 5.11 Å². The summed E-state index contributed by atoms with van der Waals surface area (Å²) in [5, 5.41) is 10.3. The van der Waals surface area contributed by atoms with E-state index in [2.05, 4.69) is 35.2 Å². The van der Waals surface area contributed by atoms with E-state index in [4.69, 9.17) is 5.11 Å². The van der Waals surface area contributed by atoms with E-state index in [0.29, 0.717) is 6.04 Å². The second kappa shape index (κ2) is 7.43. The van der Waals surface area contributed by atoms with E-state index in [-0.39, 0.29) is 6.54 Å². The molecular weight excluding hydrogens is 308 g/mol. The highest BCUT2D eigenvalue weighted by atomic mass is 32.1. The molecule has 1 unspecified atom stereocenters. The number of rotatable bonds is 5. The Morgan fingerprint density at radius 2 is 2.17 bits per heavy atom. The van der Waals surface area contributed by atoms with Crippen molar-refractivity contribution >= 4 is 27.4 Å². The van der Waals surface area contributed by atoms with E-state index in [9.17, 15) is 4.79 Å². The first-order valence-electron chi connectivity index (χ1n) is 8.23. The Morgan fingerprint density at radius 3 is 2.96 bits per heavy atom.